The highest BCUT2D eigenvalue weighted by Crippen LogP contribution is 2.17. The summed E-state index contributed by atoms with van der Waals surface area (Å²) < 4.78 is 0. The van der Waals surface area contributed by atoms with Gasteiger partial charge >= 0.3 is 0 Å². The van der Waals surface area contributed by atoms with Crippen LogP contribution in [0.4, 0.5) is 5.69 Å². The number of rotatable bonds is 5. The zero-order valence-electron chi connectivity index (χ0n) is 11.0. The number of nitrogens with zero attached hydrogens (tertiary/aromatic N) is 2. The maximum atomic E-state index is 6.00. The van der Waals surface area contributed by atoms with Crippen molar-refractivity contribution < 1.29 is 0 Å². The molecule has 1 heterocycles. The number of nitrogens with two attached hydrogens (primary N) is 1. The molecule has 0 saturated heterocycles. The highest BCUT2D eigenvalue weighted by Gasteiger charge is 2.03. The van der Waals surface area contributed by atoms with Gasteiger partial charge in [-0.15, -0.1) is 0 Å². The minimum absolute atomic E-state index is 0.688. The van der Waals surface area contributed by atoms with Gasteiger partial charge in [0.1, 0.15) is 0 Å². The van der Waals surface area contributed by atoms with Gasteiger partial charge in [-0.2, -0.15) is 0 Å². The zero-order valence-corrected chi connectivity index (χ0v) is 11.8. The molecule has 0 unspecified atom stereocenters. The van der Waals surface area contributed by atoms with Crippen molar-refractivity contribution in [2.45, 2.75) is 13.0 Å². The molecule has 2 aromatic rings. The summed E-state index contributed by atoms with van der Waals surface area (Å²) in [4.78, 5) is 6.55. The van der Waals surface area contributed by atoms with Crippen molar-refractivity contribution in [1.82, 2.24) is 9.88 Å². The lowest BCUT2D eigenvalue weighted by atomic mass is 10.2. The van der Waals surface area contributed by atoms with Crippen LogP contribution < -0.4 is 5.73 Å². The maximum Gasteiger partial charge on any atom is 0.0429 e. The SMILES string of the molecule is CN(CCc1ccccn1)Cc1cc(N)cc(Cl)c1. The lowest BCUT2D eigenvalue weighted by Gasteiger charge is -2.17. The molecule has 0 aliphatic heterocycles. The quantitative estimate of drug-likeness (QED) is 0.853. The van der Waals surface area contributed by atoms with Gasteiger partial charge in [0.2, 0.25) is 0 Å². The Hall–Kier alpha value is -1.58. The van der Waals surface area contributed by atoms with E-state index in [-0.39, 0.29) is 0 Å². The van der Waals surface area contributed by atoms with Crippen molar-refractivity contribution in [2.75, 3.05) is 19.3 Å². The molecular formula is C15H18ClN3. The minimum atomic E-state index is 0.688. The minimum Gasteiger partial charge on any atom is -0.399 e. The van der Waals surface area contributed by atoms with Crippen LogP contribution in [0.5, 0.6) is 0 Å². The molecular weight excluding hydrogens is 258 g/mol. The molecule has 0 aliphatic carbocycles. The van der Waals surface area contributed by atoms with E-state index >= 15 is 0 Å². The van der Waals surface area contributed by atoms with Gasteiger partial charge in [0.15, 0.2) is 0 Å². The highest BCUT2D eigenvalue weighted by atomic mass is 35.5. The standard InChI is InChI=1S/C15H18ClN3/c1-19(7-5-15-4-2-3-6-18-15)11-12-8-13(16)10-14(17)9-12/h2-4,6,8-10H,5,7,11,17H2,1H3. The van der Waals surface area contributed by atoms with E-state index in [1.54, 1.807) is 6.07 Å². The Bertz CT molecular complexity index is 508. The smallest absolute Gasteiger partial charge is 0.0429 e. The summed E-state index contributed by atoms with van der Waals surface area (Å²) in [5, 5.41) is 0.688. The van der Waals surface area contributed by atoms with Crippen LogP contribution in [0.25, 0.3) is 0 Å². The number of halogens is 1. The molecule has 0 atom stereocenters. The predicted molar refractivity (Wildman–Crippen MR) is 80.1 cm³/mol. The molecule has 2 N–H and O–H groups in total. The number of aromatic nitrogens is 1. The Kier molecular flexibility index (Phi) is 4.77. The number of pyridine rings is 1. The fourth-order valence-electron chi connectivity index (χ4n) is 2.01. The van der Waals surface area contributed by atoms with Gasteiger partial charge in [-0.1, -0.05) is 17.7 Å². The first kappa shape index (κ1) is 13.8. The average Bonchev–Trinajstić information content (AvgIpc) is 2.36. The van der Waals surface area contributed by atoms with Crippen LogP contribution in [-0.4, -0.2) is 23.5 Å². The number of hydrogen-bond donors (Lipinski definition) is 1. The van der Waals surface area contributed by atoms with Crippen LogP contribution >= 0.6 is 11.6 Å². The van der Waals surface area contributed by atoms with Crippen LogP contribution in [0.1, 0.15) is 11.3 Å². The third kappa shape index (κ3) is 4.54. The van der Waals surface area contributed by atoms with Gasteiger partial charge in [-0.25, -0.2) is 0 Å². The first-order valence-electron chi connectivity index (χ1n) is 6.27. The zero-order chi connectivity index (χ0) is 13.7. The highest BCUT2D eigenvalue weighted by molar-refractivity contribution is 6.30. The van der Waals surface area contributed by atoms with Gasteiger partial charge in [-0.3, -0.25) is 4.98 Å². The predicted octanol–water partition coefficient (Wildman–Crippen LogP) is 2.99. The van der Waals surface area contributed by atoms with E-state index in [0.29, 0.717) is 10.7 Å². The topological polar surface area (TPSA) is 42.2 Å². The molecule has 0 fully saturated rings. The van der Waals surface area contributed by atoms with Crippen LogP contribution in [-0.2, 0) is 13.0 Å². The Morgan fingerprint density at radius 2 is 2.11 bits per heavy atom. The number of benzene rings is 1. The molecule has 0 aliphatic rings. The summed E-state index contributed by atoms with van der Waals surface area (Å²) >= 11 is 6.00. The van der Waals surface area contributed by atoms with Crippen LogP contribution in [0.15, 0.2) is 42.6 Å². The fourth-order valence-corrected chi connectivity index (χ4v) is 2.27. The number of anilines is 1. The largest absolute Gasteiger partial charge is 0.399 e. The second-order valence-corrected chi connectivity index (χ2v) is 5.14. The van der Waals surface area contributed by atoms with Crippen molar-refractivity contribution in [1.29, 1.82) is 0 Å². The molecule has 100 valence electrons. The molecule has 0 bridgehead atoms. The Morgan fingerprint density at radius 1 is 1.26 bits per heavy atom. The van der Waals surface area contributed by atoms with Gasteiger partial charge in [0.25, 0.3) is 0 Å². The Morgan fingerprint density at radius 3 is 2.79 bits per heavy atom. The maximum absolute atomic E-state index is 6.00. The summed E-state index contributed by atoms with van der Waals surface area (Å²) in [6.45, 7) is 1.78. The van der Waals surface area contributed by atoms with Crippen molar-refractivity contribution >= 4 is 17.3 Å². The second-order valence-electron chi connectivity index (χ2n) is 4.70. The molecule has 0 saturated carbocycles. The lowest BCUT2D eigenvalue weighted by molar-refractivity contribution is 0.330. The van der Waals surface area contributed by atoms with Crippen molar-refractivity contribution in [3.63, 3.8) is 0 Å². The van der Waals surface area contributed by atoms with Crippen LogP contribution in [0.3, 0.4) is 0 Å². The van der Waals surface area contributed by atoms with Crippen LogP contribution in [0, 0.1) is 0 Å². The number of hydrogen-bond acceptors (Lipinski definition) is 3. The Balaban J connectivity index is 1.89. The second kappa shape index (κ2) is 6.55. The fraction of sp³-hybridized carbons (Fsp3) is 0.267. The van der Waals surface area contributed by atoms with Gasteiger partial charge in [0.05, 0.1) is 0 Å². The molecule has 0 amide bonds. The normalized spacial score (nSPS) is 10.9. The first-order valence-corrected chi connectivity index (χ1v) is 6.64. The van der Waals surface area contributed by atoms with Crippen LogP contribution in [0.2, 0.25) is 5.02 Å². The van der Waals surface area contributed by atoms with E-state index < -0.39 is 0 Å². The van der Waals surface area contributed by atoms with E-state index in [1.165, 1.54) is 0 Å². The number of likely N-dealkylation sites (N-methyl/N-ethyl adjacent to an activating group) is 1. The summed E-state index contributed by atoms with van der Waals surface area (Å²) in [5.74, 6) is 0. The number of nitrogen functional groups attached to an aromatic ring is 1. The van der Waals surface area contributed by atoms with Gasteiger partial charge < -0.3 is 10.6 Å². The summed E-state index contributed by atoms with van der Waals surface area (Å²) in [6, 6.07) is 11.7. The average molecular weight is 276 g/mol. The van der Waals surface area contributed by atoms with E-state index in [1.807, 2.05) is 36.5 Å². The molecule has 19 heavy (non-hydrogen) atoms. The molecule has 2 rings (SSSR count). The van der Waals surface area contributed by atoms with E-state index in [4.69, 9.17) is 17.3 Å². The van der Waals surface area contributed by atoms with Crippen molar-refractivity contribution in [3.8, 4) is 0 Å². The third-order valence-electron chi connectivity index (χ3n) is 2.91. The summed E-state index contributed by atoms with van der Waals surface area (Å²) in [6.07, 6.45) is 2.76. The lowest BCUT2D eigenvalue weighted by Crippen LogP contribution is -2.21. The molecule has 1 aromatic carbocycles. The molecule has 3 nitrogen and oxygen atoms in total. The molecule has 0 spiro atoms. The van der Waals surface area contributed by atoms with E-state index in [0.717, 1.165) is 30.8 Å². The molecule has 4 heteroatoms. The van der Waals surface area contributed by atoms with E-state index in [2.05, 4.69) is 16.9 Å². The Labute approximate surface area is 119 Å². The van der Waals surface area contributed by atoms with Crippen molar-refractivity contribution in [2.24, 2.45) is 0 Å². The monoisotopic (exact) mass is 275 g/mol. The molecule has 0 radical (unpaired) electrons. The van der Waals surface area contributed by atoms with Gasteiger partial charge in [0, 0.05) is 42.1 Å². The van der Waals surface area contributed by atoms with Crippen molar-refractivity contribution in [3.05, 3.63) is 58.9 Å². The van der Waals surface area contributed by atoms with E-state index in [9.17, 15) is 0 Å². The summed E-state index contributed by atoms with van der Waals surface area (Å²) in [7, 11) is 2.08. The first-order chi connectivity index (χ1) is 9.13. The van der Waals surface area contributed by atoms with Gasteiger partial charge in [-0.05, 0) is 42.9 Å². The molecule has 1 aromatic heterocycles. The summed E-state index contributed by atoms with van der Waals surface area (Å²) in [5.41, 5.74) is 8.74. The third-order valence-corrected chi connectivity index (χ3v) is 3.13.